The molecule has 2 atom stereocenters. The molecule has 0 aromatic rings. The second kappa shape index (κ2) is 5.11. The number of nitrogens with two attached hydrogens (primary N) is 1. The lowest BCUT2D eigenvalue weighted by molar-refractivity contribution is -0.157. The third kappa shape index (κ3) is 6.06. The van der Waals surface area contributed by atoms with Gasteiger partial charge in [-0.05, 0) is 27.2 Å². The predicted molar refractivity (Wildman–Crippen MR) is 55.2 cm³/mol. The van der Waals surface area contributed by atoms with Crippen LogP contribution in [0.3, 0.4) is 0 Å². The summed E-state index contributed by atoms with van der Waals surface area (Å²) < 4.78 is 5.02. The van der Waals surface area contributed by atoms with Crippen molar-refractivity contribution < 1.29 is 19.4 Å². The fourth-order valence-corrected chi connectivity index (χ4v) is 0.955. The Balaban J connectivity index is 4.17. The average molecular weight is 217 g/mol. The molecule has 0 aliphatic carbocycles. The summed E-state index contributed by atoms with van der Waals surface area (Å²) in [5, 5.41) is 8.64. The van der Waals surface area contributed by atoms with Crippen LogP contribution >= 0.6 is 0 Å². The third-order valence-electron chi connectivity index (χ3n) is 1.74. The third-order valence-corrected chi connectivity index (χ3v) is 1.74. The fraction of sp³-hybridized carbons (Fsp3) is 0.800. The minimum absolute atomic E-state index is 0.0875. The van der Waals surface area contributed by atoms with Gasteiger partial charge < -0.3 is 15.6 Å². The first-order chi connectivity index (χ1) is 6.63. The zero-order chi connectivity index (χ0) is 12.2. The van der Waals surface area contributed by atoms with Crippen molar-refractivity contribution in [1.29, 1.82) is 0 Å². The highest BCUT2D eigenvalue weighted by molar-refractivity contribution is 5.77. The first kappa shape index (κ1) is 13.9. The molecule has 0 aromatic carbocycles. The van der Waals surface area contributed by atoms with Crippen molar-refractivity contribution in [3.05, 3.63) is 0 Å². The number of carboxylic acid groups (broad SMARTS) is 1. The van der Waals surface area contributed by atoms with E-state index in [2.05, 4.69) is 0 Å². The molecule has 0 aliphatic heterocycles. The zero-order valence-electron chi connectivity index (χ0n) is 9.61. The van der Waals surface area contributed by atoms with Crippen LogP contribution in [0.15, 0.2) is 0 Å². The van der Waals surface area contributed by atoms with E-state index in [-0.39, 0.29) is 6.42 Å². The maximum absolute atomic E-state index is 11.4. The van der Waals surface area contributed by atoms with Gasteiger partial charge in [0.1, 0.15) is 11.6 Å². The van der Waals surface area contributed by atoms with Gasteiger partial charge in [-0.15, -0.1) is 0 Å². The fourth-order valence-electron chi connectivity index (χ4n) is 0.955. The minimum atomic E-state index is -0.964. The Hall–Kier alpha value is -1.10. The van der Waals surface area contributed by atoms with Crippen molar-refractivity contribution in [2.45, 2.75) is 45.8 Å². The molecule has 0 amide bonds. The Morgan fingerprint density at radius 1 is 1.40 bits per heavy atom. The monoisotopic (exact) mass is 217 g/mol. The summed E-state index contributed by atoms with van der Waals surface area (Å²) in [6.07, 6.45) is 0.0875. The largest absolute Gasteiger partial charge is 0.481 e. The van der Waals surface area contributed by atoms with E-state index in [1.165, 1.54) is 6.92 Å². The van der Waals surface area contributed by atoms with E-state index in [4.69, 9.17) is 15.6 Å². The van der Waals surface area contributed by atoms with Gasteiger partial charge in [0.2, 0.25) is 0 Å². The van der Waals surface area contributed by atoms with Crippen LogP contribution in [-0.4, -0.2) is 28.7 Å². The summed E-state index contributed by atoms with van der Waals surface area (Å²) in [4.78, 5) is 21.9. The molecule has 0 radical (unpaired) electrons. The topological polar surface area (TPSA) is 89.6 Å². The van der Waals surface area contributed by atoms with E-state index in [1.54, 1.807) is 20.8 Å². The molecule has 88 valence electrons. The number of carbonyl (C=O) groups excluding carboxylic acids is 1. The zero-order valence-corrected chi connectivity index (χ0v) is 9.61. The standard InChI is InChI=1S/C10H19NO4/c1-6(8(12)13)5-7(11)9(14)15-10(2,3)4/h6-7H,5,11H2,1-4H3,(H,12,13). The number of aliphatic carboxylic acids is 1. The van der Waals surface area contributed by atoms with E-state index in [0.29, 0.717) is 0 Å². The molecule has 5 nitrogen and oxygen atoms in total. The Morgan fingerprint density at radius 3 is 2.20 bits per heavy atom. The number of carbonyl (C=O) groups is 2. The van der Waals surface area contributed by atoms with Crippen LogP contribution in [0.4, 0.5) is 0 Å². The molecule has 2 unspecified atom stereocenters. The maximum atomic E-state index is 11.4. The molecule has 15 heavy (non-hydrogen) atoms. The number of ether oxygens (including phenoxy) is 1. The van der Waals surface area contributed by atoms with Gasteiger partial charge in [-0.3, -0.25) is 9.59 Å². The number of esters is 1. The van der Waals surface area contributed by atoms with E-state index >= 15 is 0 Å². The van der Waals surface area contributed by atoms with E-state index < -0.39 is 29.5 Å². The van der Waals surface area contributed by atoms with Crippen molar-refractivity contribution in [1.82, 2.24) is 0 Å². The Kier molecular flexibility index (Phi) is 4.74. The highest BCUT2D eigenvalue weighted by Gasteiger charge is 2.25. The molecule has 3 N–H and O–H groups in total. The SMILES string of the molecule is CC(CC(N)C(=O)OC(C)(C)C)C(=O)O. The Morgan fingerprint density at radius 2 is 1.87 bits per heavy atom. The van der Waals surface area contributed by atoms with Crippen LogP contribution in [-0.2, 0) is 14.3 Å². The summed E-state index contributed by atoms with van der Waals surface area (Å²) in [5.41, 5.74) is 4.93. The molecule has 0 fully saturated rings. The molecule has 5 heteroatoms. The van der Waals surface area contributed by atoms with Crippen molar-refractivity contribution in [3.63, 3.8) is 0 Å². The molecule has 0 saturated heterocycles. The van der Waals surface area contributed by atoms with Gasteiger partial charge in [0, 0.05) is 0 Å². The van der Waals surface area contributed by atoms with Gasteiger partial charge in [0.15, 0.2) is 0 Å². The van der Waals surface area contributed by atoms with Crippen molar-refractivity contribution in [2.24, 2.45) is 11.7 Å². The lowest BCUT2D eigenvalue weighted by Gasteiger charge is -2.22. The number of hydrogen-bond donors (Lipinski definition) is 2. The van der Waals surface area contributed by atoms with Gasteiger partial charge in [-0.2, -0.15) is 0 Å². The second-order valence-electron chi connectivity index (χ2n) is 4.61. The second-order valence-corrected chi connectivity index (χ2v) is 4.61. The van der Waals surface area contributed by atoms with Crippen LogP contribution in [0.5, 0.6) is 0 Å². The average Bonchev–Trinajstić information content (AvgIpc) is 2.00. The number of hydrogen-bond acceptors (Lipinski definition) is 4. The summed E-state index contributed by atoms with van der Waals surface area (Å²) in [6, 6.07) is -0.879. The van der Waals surface area contributed by atoms with Gasteiger partial charge in [0.05, 0.1) is 5.92 Å². The summed E-state index contributed by atoms with van der Waals surface area (Å²) in [5.74, 6) is -2.17. The van der Waals surface area contributed by atoms with Crippen LogP contribution in [0.1, 0.15) is 34.1 Å². The highest BCUT2D eigenvalue weighted by Crippen LogP contribution is 2.11. The minimum Gasteiger partial charge on any atom is -0.481 e. The van der Waals surface area contributed by atoms with E-state index in [1.807, 2.05) is 0 Å². The molecule has 0 spiro atoms. The summed E-state index contributed by atoms with van der Waals surface area (Å²) >= 11 is 0. The summed E-state index contributed by atoms with van der Waals surface area (Å²) in [6.45, 7) is 6.71. The first-order valence-electron chi connectivity index (χ1n) is 4.84. The lowest BCUT2D eigenvalue weighted by Crippen LogP contribution is -2.39. The van der Waals surface area contributed by atoms with Crippen molar-refractivity contribution >= 4 is 11.9 Å². The maximum Gasteiger partial charge on any atom is 0.323 e. The lowest BCUT2D eigenvalue weighted by atomic mass is 10.0. The molecule has 0 heterocycles. The molecular formula is C10H19NO4. The van der Waals surface area contributed by atoms with Gasteiger partial charge in [0.25, 0.3) is 0 Å². The van der Waals surface area contributed by atoms with Crippen LogP contribution in [0.25, 0.3) is 0 Å². The quantitative estimate of drug-likeness (QED) is 0.679. The van der Waals surface area contributed by atoms with Crippen molar-refractivity contribution in [2.75, 3.05) is 0 Å². The molecule has 0 rings (SSSR count). The van der Waals surface area contributed by atoms with Crippen LogP contribution in [0, 0.1) is 5.92 Å². The number of rotatable bonds is 4. The Bertz CT molecular complexity index is 244. The highest BCUT2D eigenvalue weighted by atomic mass is 16.6. The number of carboxylic acids is 1. The van der Waals surface area contributed by atoms with Gasteiger partial charge >= 0.3 is 11.9 Å². The van der Waals surface area contributed by atoms with Gasteiger partial charge in [-0.25, -0.2) is 0 Å². The molecular weight excluding hydrogens is 198 g/mol. The molecule has 0 saturated carbocycles. The van der Waals surface area contributed by atoms with E-state index in [0.717, 1.165) is 0 Å². The van der Waals surface area contributed by atoms with Crippen LogP contribution < -0.4 is 5.73 Å². The normalized spacial score (nSPS) is 15.5. The smallest absolute Gasteiger partial charge is 0.323 e. The van der Waals surface area contributed by atoms with Crippen LogP contribution in [0.2, 0.25) is 0 Å². The van der Waals surface area contributed by atoms with Gasteiger partial charge in [-0.1, -0.05) is 6.92 Å². The molecule has 0 aromatic heterocycles. The van der Waals surface area contributed by atoms with E-state index in [9.17, 15) is 9.59 Å². The predicted octanol–water partition coefficient (Wildman–Crippen LogP) is 0.766. The molecule has 0 aliphatic rings. The first-order valence-corrected chi connectivity index (χ1v) is 4.84. The molecule has 0 bridgehead atoms. The summed E-state index contributed by atoms with van der Waals surface area (Å²) in [7, 11) is 0. The Labute approximate surface area is 89.6 Å². The van der Waals surface area contributed by atoms with Crippen molar-refractivity contribution in [3.8, 4) is 0 Å².